The van der Waals surface area contributed by atoms with Crippen molar-refractivity contribution in [3.63, 3.8) is 0 Å². The highest BCUT2D eigenvalue weighted by molar-refractivity contribution is 7.18. The maximum Gasteiger partial charge on any atom is 0.127 e. The molecule has 3 heterocycles. The Hall–Kier alpha value is -1.04. The van der Waals surface area contributed by atoms with Crippen molar-refractivity contribution in [2.75, 3.05) is 13.2 Å². The lowest BCUT2D eigenvalue weighted by molar-refractivity contribution is 0.110. The zero-order valence-electron chi connectivity index (χ0n) is 12.3. The highest BCUT2D eigenvalue weighted by atomic mass is 32.1. The fourth-order valence-corrected chi connectivity index (χ4v) is 4.08. The molecule has 0 spiro atoms. The number of rotatable bonds is 4. The van der Waals surface area contributed by atoms with Crippen LogP contribution < -0.4 is 5.32 Å². The highest BCUT2D eigenvalue weighted by Gasteiger charge is 2.16. The number of ether oxygens (including phenoxy) is 1. The summed E-state index contributed by atoms with van der Waals surface area (Å²) >= 11 is 1.78. The Balaban J connectivity index is 1.74. The molecule has 108 valence electrons. The average Bonchev–Trinajstić information content (AvgIpc) is 2.98. The lowest BCUT2D eigenvalue weighted by atomic mass is 10.1. The Kier molecular flexibility index (Phi) is 4.01. The number of nitrogens with one attached hydrogen (secondary N) is 1. The van der Waals surface area contributed by atoms with Crippen molar-refractivity contribution >= 4 is 21.6 Å². The fraction of sp³-hybridized carbons (Fsp3) is 0.600. The van der Waals surface area contributed by atoms with Gasteiger partial charge in [0.1, 0.15) is 10.7 Å². The predicted molar refractivity (Wildman–Crippen MR) is 82.3 cm³/mol. The summed E-state index contributed by atoms with van der Waals surface area (Å²) in [6.07, 6.45) is 2.78. The van der Waals surface area contributed by atoms with Crippen LogP contribution in [0.1, 0.15) is 34.8 Å². The smallest absolute Gasteiger partial charge is 0.127 e. The Morgan fingerprint density at radius 2 is 2.15 bits per heavy atom. The molecule has 1 fully saturated rings. The van der Waals surface area contributed by atoms with Gasteiger partial charge in [-0.05, 0) is 39.2 Å². The number of aryl methyl sites for hydroxylation is 3. The molecule has 1 atom stereocenters. The minimum atomic E-state index is 0.397. The van der Waals surface area contributed by atoms with Crippen LogP contribution in [0.25, 0.3) is 10.2 Å². The standard InChI is InChI=1S/C15H21N3OS/c1-9-13(8-16-7-12-5-4-6-19-12)20-15-14(9)10(2)17-11(3)18-15/h12,16H,4-8H2,1-3H3. The summed E-state index contributed by atoms with van der Waals surface area (Å²) in [4.78, 5) is 11.5. The van der Waals surface area contributed by atoms with Gasteiger partial charge in [-0.2, -0.15) is 0 Å². The van der Waals surface area contributed by atoms with Crippen molar-refractivity contribution in [1.29, 1.82) is 0 Å². The van der Waals surface area contributed by atoms with E-state index in [0.29, 0.717) is 6.10 Å². The highest BCUT2D eigenvalue weighted by Crippen LogP contribution is 2.31. The van der Waals surface area contributed by atoms with Crippen LogP contribution in [0.2, 0.25) is 0 Å². The monoisotopic (exact) mass is 291 g/mol. The maximum absolute atomic E-state index is 5.63. The molecule has 0 bridgehead atoms. The van der Waals surface area contributed by atoms with Crippen molar-refractivity contribution in [3.8, 4) is 0 Å². The van der Waals surface area contributed by atoms with Crippen molar-refractivity contribution in [3.05, 3.63) is 22.0 Å². The lowest BCUT2D eigenvalue weighted by Gasteiger charge is -2.10. The summed E-state index contributed by atoms with van der Waals surface area (Å²) < 4.78 is 5.63. The van der Waals surface area contributed by atoms with Gasteiger partial charge >= 0.3 is 0 Å². The van der Waals surface area contributed by atoms with E-state index in [9.17, 15) is 0 Å². The van der Waals surface area contributed by atoms with Crippen LogP contribution >= 0.6 is 11.3 Å². The van der Waals surface area contributed by atoms with Crippen molar-refractivity contribution in [2.24, 2.45) is 0 Å². The van der Waals surface area contributed by atoms with Gasteiger partial charge in [-0.1, -0.05) is 0 Å². The van der Waals surface area contributed by atoms with E-state index >= 15 is 0 Å². The quantitative estimate of drug-likeness (QED) is 0.941. The third-order valence-corrected chi connectivity index (χ3v) is 5.05. The van der Waals surface area contributed by atoms with E-state index in [1.807, 2.05) is 6.92 Å². The van der Waals surface area contributed by atoms with E-state index in [2.05, 4.69) is 29.1 Å². The molecule has 1 aliphatic rings. The zero-order chi connectivity index (χ0) is 14.1. The second-order valence-corrected chi connectivity index (χ2v) is 6.54. The van der Waals surface area contributed by atoms with Crippen LogP contribution in [-0.2, 0) is 11.3 Å². The third-order valence-electron chi connectivity index (χ3n) is 3.86. The van der Waals surface area contributed by atoms with Crippen molar-refractivity contribution in [1.82, 2.24) is 15.3 Å². The molecule has 0 aromatic carbocycles. The molecular weight excluding hydrogens is 270 g/mol. The van der Waals surface area contributed by atoms with Gasteiger partial charge in [0.25, 0.3) is 0 Å². The molecule has 1 unspecified atom stereocenters. The second kappa shape index (κ2) is 5.76. The van der Waals surface area contributed by atoms with Gasteiger partial charge in [0, 0.05) is 35.7 Å². The summed E-state index contributed by atoms with van der Waals surface area (Å²) in [7, 11) is 0. The number of hydrogen-bond acceptors (Lipinski definition) is 5. The number of hydrogen-bond donors (Lipinski definition) is 1. The number of thiophene rings is 1. The third kappa shape index (κ3) is 2.71. The number of aromatic nitrogens is 2. The molecule has 0 saturated carbocycles. The van der Waals surface area contributed by atoms with Crippen molar-refractivity contribution < 1.29 is 4.74 Å². The molecule has 1 aliphatic heterocycles. The fourth-order valence-electron chi connectivity index (χ4n) is 2.84. The molecular formula is C15H21N3OS. The minimum absolute atomic E-state index is 0.397. The van der Waals surface area contributed by atoms with Crippen LogP contribution in [0.5, 0.6) is 0 Å². The molecule has 0 amide bonds. The lowest BCUT2D eigenvalue weighted by Crippen LogP contribution is -2.25. The molecule has 4 nitrogen and oxygen atoms in total. The summed E-state index contributed by atoms with van der Waals surface area (Å²) in [6.45, 7) is 8.95. The first kappa shape index (κ1) is 13.9. The summed E-state index contributed by atoms with van der Waals surface area (Å²) in [5, 5.41) is 4.75. The maximum atomic E-state index is 5.63. The van der Waals surface area contributed by atoms with E-state index < -0.39 is 0 Å². The first-order chi connectivity index (χ1) is 9.65. The first-order valence-corrected chi connectivity index (χ1v) is 8.02. The molecule has 20 heavy (non-hydrogen) atoms. The van der Waals surface area contributed by atoms with Crippen LogP contribution in [0, 0.1) is 20.8 Å². The first-order valence-electron chi connectivity index (χ1n) is 7.20. The SMILES string of the molecule is Cc1nc(C)c2c(C)c(CNCC3CCCO3)sc2n1. The van der Waals surface area contributed by atoms with Crippen LogP contribution in [0.3, 0.4) is 0 Å². The predicted octanol–water partition coefficient (Wildman–Crippen LogP) is 2.89. The van der Waals surface area contributed by atoms with Gasteiger partial charge in [0.05, 0.1) is 6.10 Å². The Labute approximate surface area is 123 Å². The van der Waals surface area contributed by atoms with Gasteiger partial charge in [-0.3, -0.25) is 0 Å². The molecule has 2 aromatic rings. The Bertz CT molecular complexity index is 617. The number of fused-ring (bicyclic) bond motifs is 1. The number of nitrogens with zero attached hydrogens (tertiary/aromatic N) is 2. The van der Waals surface area contributed by atoms with E-state index in [1.54, 1.807) is 11.3 Å². The minimum Gasteiger partial charge on any atom is -0.377 e. The van der Waals surface area contributed by atoms with Gasteiger partial charge in [0.2, 0.25) is 0 Å². The summed E-state index contributed by atoms with van der Waals surface area (Å²) in [5.41, 5.74) is 2.41. The largest absolute Gasteiger partial charge is 0.377 e. The average molecular weight is 291 g/mol. The molecule has 1 N–H and O–H groups in total. The second-order valence-electron chi connectivity index (χ2n) is 5.45. The van der Waals surface area contributed by atoms with Crippen LogP contribution in [-0.4, -0.2) is 29.2 Å². The molecule has 5 heteroatoms. The van der Waals surface area contributed by atoms with E-state index in [4.69, 9.17) is 4.74 Å². The Morgan fingerprint density at radius 1 is 1.30 bits per heavy atom. The normalized spacial score (nSPS) is 19.1. The van der Waals surface area contributed by atoms with Crippen LogP contribution in [0.15, 0.2) is 0 Å². The van der Waals surface area contributed by atoms with Crippen LogP contribution in [0.4, 0.5) is 0 Å². The molecule has 3 rings (SSSR count). The molecule has 0 radical (unpaired) electrons. The topological polar surface area (TPSA) is 47.0 Å². The molecule has 0 aliphatic carbocycles. The van der Waals surface area contributed by atoms with E-state index in [0.717, 1.165) is 36.0 Å². The summed E-state index contributed by atoms with van der Waals surface area (Å²) in [6, 6.07) is 0. The van der Waals surface area contributed by atoms with Gasteiger partial charge in [-0.15, -0.1) is 11.3 Å². The molecule has 1 saturated heterocycles. The zero-order valence-corrected chi connectivity index (χ0v) is 13.1. The van der Waals surface area contributed by atoms with E-state index in [1.165, 1.54) is 28.7 Å². The summed E-state index contributed by atoms with van der Waals surface area (Å²) in [5.74, 6) is 0.857. The van der Waals surface area contributed by atoms with E-state index in [-0.39, 0.29) is 0 Å². The van der Waals surface area contributed by atoms with Crippen molar-refractivity contribution in [2.45, 2.75) is 46.3 Å². The molecule has 2 aromatic heterocycles. The Morgan fingerprint density at radius 3 is 2.90 bits per heavy atom. The van der Waals surface area contributed by atoms with Gasteiger partial charge < -0.3 is 10.1 Å². The van der Waals surface area contributed by atoms with Gasteiger partial charge in [-0.25, -0.2) is 9.97 Å². The van der Waals surface area contributed by atoms with Gasteiger partial charge in [0.15, 0.2) is 0 Å².